The van der Waals surface area contributed by atoms with Gasteiger partial charge in [0.15, 0.2) is 0 Å². The third kappa shape index (κ3) is 2.41. The Hall–Kier alpha value is -2.37. The average molecular weight is 233 g/mol. The molecule has 0 saturated heterocycles. The number of nitrogens with zero attached hydrogens (tertiary/aromatic N) is 2. The largest absolute Gasteiger partial charge is 0.476 e. The molecule has 2 rings (SSSR count). The second kappa shape index (κ2) is 4.65. The van der Waals surface area contributed by atoms with Gasteiger partial charge >= 0.3 is 5.97 Å². The second-order valence-corrected chi connectivity index (χ2v) is 3.51. The summed E-state index contributed by atoms with van der Waals surface area (Å²) < 4.78 is 5.32. The van der Waals surface area contributed by atoms with Crippen LogP contribution in [-0.2, 0) is 6.61 Å². The van der Waals surface area contributed by atoms with Crippen LogP contribution in [0.2, 0.25) is 0 Å². The van der Waals surface area contributed by atoms with Crippen LogP contribution in [0.3, 0.4) is 0 Å². The monoisotopic (exact) mass is 233 g/mol. The summed E-state index contributed by atoms with van der Waals surface area (Å²) >= 11 is 0. The van der Waals surface area contributed by atoms with Crippen LogP contribution in [0.25, 0.3) is 0 Å². The molecule has 0 aliphatic carbocycles. The smallest absolute Gasteiger partial charge is 0.359 e. The summed E-state index contributed by atoms with van der Waals surface area (Å²) in [7, 11) is 0. The van der Waals surface area contributed by atoms with Crippen LogP contribution in [0.15, 0.2) is 24.3 Å². The van der Waals surface area contributed by atoms with Crippen molar-refractivity contribution in [2.24, 2.45) is 0 Å². The van der Waals surface area contributed by atoms with Gasteiger partial charge in [0.05, 0.1) is 0 Å². The van der Waals surface area contributed by atoms with Crippen LogP contribution in [0.1, 0.15) is 21.6 Å². The molecular formula is C11H11N3O3. The van der Waals surface area contributed by atoms with E-state index in [4.69, 9.17) is 9.84 Å². The summed E-state index contributed by atoms with van der Waals surface area (Å²) in [5, 5.41) is 18.1. The number of carbonyl (C=O) groups is 1. The number of hydrogen-bond acceptors (Lipinski definition) is 4. The van der Waals surface area contributed by atoms with E-state index in [9.17, 15) is 4.79 Å². The number of rotatable bonds is 4. The molecule has 2 aromatic rings. The maximum Gasteiger partial charge on any atom is 0.359 e. The van der Waals surface area contributed by atoms with E-state index in [0.717, 1.165) is 11.1 Å². The molecule has 0 spiro atoms. The minimum Gasteiger partial charge on any atom is -0.476 e. The van der Waals surface area contributed by atoms with Crippen molar-refractivity contribution in [2.45, 2.75) is 13.5 Å². The van der Waals surface area contributed by atoms with E-state index < -0.39 is 5.97 Å². The van der Waals surface area contributed by atoms with Crippen LogP contribution >= 0.6 is 0 Å². The van der Waals surface area contributed by atoms with Crippen LogP contribution in [0.4, 0.5) is 0 Å². The number of aromatic carboxylic acids is 1. The molecule has 0 bridgehead atoms. The Morgan fingerprint density at radius 1 is 1.47 bits per heavy atom. The number of carboxylic acids is 1. The normalized spacial score (nSPS) is 10.2. The van der Waals surface area contributed by atoms with Gasteiger partial charge in [-0.1, -0.05) is 34.6 Å². The van der Waals surface area contributed by atoms with Crippen LogP contribution in [-0.4, -0.2) is 26.5 Å². The lowest BCUT2D eigenvalue weighted by molar-refractivity contribution is 0.0685. The van der Waals surface area contributed by atoms with Crippen molar-refractivity contribution in [3.8, 4) is 5.88 Å². The van der Waals surface area contributed by atoms with Gasteiger partial charge in [0, 0.05) is 0 Å². The first-order chi connectivity index (χ1) is 8.18. The van der Waals surface area contributed by atoms with E-state index >= 15 is 0 Å². The van der Waals surface area contributed by atoms with Crippen molar-refractivity contribution >= 4 is 5.97 Å². The van der Waals surface area contributed by atoms with Gasteiger partial charge in [-0.3, -0.25) is 0 Å². The number of aryl methyl sites for hydroxylation is 1. The van der Waals surface area contributed by atoms with Gasteiger partial charge in [0.1, 0.15) is 6.61 Å². The van der Waals surface area contributed by atoms with Crippen LogP contribution in [0, 0.1) is 6.92 Å². The van der Waals surface area contributed by atoms with E-state index in [1.807, 2.05) is 31.2 Å². The fourth-order valence-corrected chi connectivity index (χ4v) is 1.38. The van der Waals surface area contributed by atoms with Crippen LogP contribution in [0.5, 0.6) is 5.88 Å². The van der Waals surface area contributed by atoms with Crippen molar-refractivity contribution in [1.82, 2.24) is 15.4 Å². The zero-order valence-electron chi connectivity index (χ0n) is 9.17. The first-order valence-electron chi connectivity index (χ1n) is 5.00. The molecule has 0 aliphatic rings. The Morgan fingerprint density at radius 3 is 2.94 bits per heavy atom. The third-order valence-corrected chi connectivity index (χ3v) is 2.36. The van der Waals surface area contributed by atoms with Crippen molar-refractivity contribution in [2.75, 3.05) is 0 Å². The number of aromatic nitrogens is 3. The first-order valence-corrected chi connectivity index (χ1v) is 5.00. The highest BCUT2D eigenvalue weighted by Gasteiger charge is 2.15. The molecule has 88 valence electrons. The number of ether oxygens (including phenoxy) is 1. The second-order valence-electron chi connectivity index (χ2n) is 3.51. The van der Waals surface area contributed by atoms with Crippen molar-refractivity contribution in [3.05, 3.63) is 41.1 Å². The molecule has 0 aliphatic heterocycles. The van der Waals surface area contributed by atoms with Crippen LogP contribution < -0.4 is 4.74 Å². The summed E-state index contributed by atoms with van der Waals surface area (Å²) in [5.74, 6) is -1.14. The molecule has 6 heteroatoms. The number of carboxylic acid groups (broad SMARTS) is 1. The third-order valence-electron chi connectivity index (χ3n) is 2.36. The van der Waals surface area contributed by atoms with Gasteiger partial charge in [-0.05, 0) is 18.1 Å². The minimum atomic E-state index is -1.14. The molecule has 0 fully saturated rings. The lowest BCUT2D eigenvalue weighted by atomic mass is 10.1. The number of benzene rings is 1. The maximum absolute atomic E-state index is 10.8. The highest BCUT2D eigenvalue weighted by molar-refractivity contribution is 5.87. The number of aromatic amines is 1. The molecule has 1 aromatic heterocycles. The molecule has 1 aromatic carbocycles. The fourth-order valence-electron chi connectivity index (χ4n) is 1.38. The summed E-state index contributed by atoms with van der Waals surface area (Å²) in [6, 6.07) is 7.69. The number of H-pyrrole nitrogens is 1. The summed E-state index contributed by atoms with van der Waals surface area (Å²) in [5.41, 5.74) is 1.92. The van der Waals surface area contributed by atoms with E-state index in [-0.39, 0.29) is 18.2 Å². The molecule has 6 nitrogen and oxygen atoms in total. The molecule has 0 unspecified atom stereocenters. The number of hydrogen-bond donors (Lipinski definition) is 2. The van der Waals surface area contributed by atoms with Gasteiger partial charge in [-0.25, -0.2) is 9.89 Å². The topological polar surface area (TPSA) is 88.1 Å². The standard InChI is InChI=1S/C11H11N3O3/c1-7-4-2-3-5-8(7)6-17-10-9(11(15)16)12-14-13-10/h2-5H,6H2,1H3,(H,15,16)(H,12,13,14). The summed E-state index contributed by atoms with van der Waals surface area (Å²) in [6.07, 6.45) is 0. The van der Waals surface area contributed by atoms with Gasteiger partial charge in [0.2, 0.25) is 5.69 Å². The maximum atomic E-state index is 10.8. The first kappa shape index (κ1) is 11.1. The Labute approximate surface area is 97.2 Å². The molecule has 0 radical (unpaired) electrons. The molecule has 0 amide bonds. The van der Waals surface area contributed by atoms with Gasteiger partial charge in [0.25, 0.3) is 5.88 Å². The fraction of sp³-hybridized carbons (Fsp3) is 0.182. The molecule has 2 N–H and O–H groups in total. The Bertz CT molecular complexity index is 536. The molecular weight excluding hydrogens is 222 g/mol. The Morgan fingerprint density at radius 2 is 2.24 bits per heavy atom. The van der Waals surface area contributed by atoms with Gasteiger partial charge in [-0.2, -0.15) is 0 Å². The lowest BCUT2D eigenvalue weighted by Crippen LogP contribution is -2.03. The minimum absolute atomic E-state index is 0.000697. The zero-order valence-corrected chi connectivity index (χ0v) is 9.17. The van der Waals surface area contributed by atoms with E-state index in [1.54, 1.807) is 0 Å². The Kier molecular flexibility index (Phi) is 3.04. The van der Waals surface area contributed by atoms with E-state index in [2.05, 4.69) is 15.4 Å². The molecule has 1 heterocycles. The molecule has 0 saturated carbocycles. The number of nitrogens with one attached hydrogen (secondary N) is 1. The highest BCUT2D eigenvalue weighted by atomic mass is 16.5. The lowest BCUT2D eigenvalue weighted by Gasteiger charge is -2.06. The van der Waals surface area contributed by atoms with Crippen molar-refractivity contribution in [3.63, 3.8) is 0 Å². The quantitative estimate of drug-likeness (QED) is 0.833. The summed E-state index contributed by atoms with van der Waals surface area (Å²) in [6.45, 7) is 2.22. The molecule has 17 heavy (non-hydrogen) atoms. The zero-order chi connectivity index (χ0) is 12.3. The predicted octanol–water partition coefficient (Wildman–Crippen LogP) is 1.39. The average Bonchev–Trinajstić information content (AvgIpc) is 2.76. The van der Waals surface area contributed by atoms with Crippen molar-refractivity contribution < 1.29 is 14.6 Å². The predicted molar refractivity (Wildman–Crippen MR) is 58.9 cm³/mol. The Balaban J connectivity index is 2.10. The SMILES string of the molecule is Cc1ccccc1COc1nn[nH]c1C(=O)O. The van der Waals surface area contributed by atoms with Gasteiger partial charge in [-0.15, -0.1) is 0 Å². The van der Waals surface area contributed by atoms with Crippen molar-refractivity contribution in [1.29, 1.82) is 0 Å². The molecule has 0 atom stereocenters. The highest BCUT2D eigenvalue weighted by Crippen LogP contribution is 2.14. The van der Waals surface area contributed by atoms with E-state index in [1.165, 1.54) is 0 Å². The van der Waals surface area contributed by atoms with Gasteiger partial charge < -0.3 is 9.84 Å². The van der Waals surface area contributed by atoms with E-state index in [0.29, 0.717) is 0 Å². The summed E-state index contributed by atoms with van der Waals surface area (Å²) in [4.78, 5) is 10.8.